The number of anilines is 3. The van der Waals surface area contributed by atoms with E-state index in [-0.39, 0.29) is 17.1 Å². The van der Waals surface area contributed by atoms with E-state index in [1.165, 1.54) is 18.3 Å². The Morgan fingerprint density at radius 2 is 1.44 bits per heavy atom. The lowest BCUT2D eigenvalue weighted by Crippen LogP contribution is -2.32. The van der Waals surface area contributed by atoms with Gasteiger partial charge in [0.15, 0.2) is 0 Å². The number of nitriles is 1. The second-order valence-corrected chi connectivity index (χ2v) is 10.2. The van der Waals surface area contributed by atoms with Gasteiger partial charge in [0, 0.05) is 32.4 Å². The van der Waals surface area contributed by atoms with Crippen LogP contribution in [0.25, 0.3) is 0 Å². The van der Waals surface area contributed by atoms with E-state index in [0.717, 1.165) is 24.4 Å². The molecule has 0 amide bonds. The summed E-state index contributed by atoms with van der Waals surface area (Å²) in [5.41, 5.74) is -1.84. The van der Waals surface area contributed by atoms with Gasteiger partial charge in [-0.25, -0.2) is 18.4 Å². The molecule has 0 aliphatic carbocycles. The van der Waals surface area contributed by atoms with Crippen molar-refractivity contribution in [3.8, 4) is 6.07 Å². The van der Waals surface area contributed by atoms with E-state index in [0.29, 0.717) is 50.6 Å². The van der Waals surface area contributed by atoms with Gasteiger partial charge in [-0.3, -0.25) is 4.72 Å². The van der Waals surface area contributed by atoms with Crippen LogP contribution in [0, 0.1) is 11.3 Å². The number of nitrogens with one attached hydrogen (secondary N) is 1. The molecule has 0 saturated carbocycles. The Hall–Kier alpha value is -4.06. The Kier molecular flexibility index (Phi) is 7.60. The maximum atomic E-state index is 12.8. The summed E-state index contributed by atoms with van der Waals surface area (Å²) in [6.45, 7) is 1.71. The largest absolute Gasteiger partial charge is 0.417 e. The zero-order chi connectivity index (χ0) is 28.4. The second kappa shape index (κ2) is 10.6. The van der Waals surface area contributed by atoms with Gasteiger partial charge in [0.1, 0.15) is 17.7 Å². The monoisotopic (exact) mass is 570 g/mol. The van der Waals surface area contributed by atoms with Crippen LogP contribution in [-0.4, -0.2) is 44.6 Å². The summed E-state index contributed by atoms with van der Waals surface area (Å²) in [7, 11) is -4.26. The van der Waals surface area contributed by atoms with E-state index in [9.17, 15) is 40.0 Å². The molecule has 0 atom stereocenters. The predicted molar refractivity (Wildman–Crippen MR) is 129 cm³/mol. The number of benzene rings is 1. The van der Waals surface area contributed by atoms with Crippen molar-refractivity contribution in [2.45, 2.75) is 23.7 Å². The Bertz CT molecular complexity index is 1470. The minimum atomic E-state index is -4.62. The number of pyridine rings is 2. The van der Waals surface area contributed by atoms with Gasteiger partial charge in [-0.2, -0.15) is 31.6 Å². The Morgan fingerprint density at radius 1 is 0.821 bits per heavy atom. The maximum absolute atomic E-state index is 12.8. The minimum absolute atomic E-state index is 0.0550. The van der Waals surface area contributed by atoms with Crippen molar-refractivity contribution in [2.75, 3.05) is 40.7 Å². The van der Waals surface area contributed by atoms with Crippen LogP contribution in [0.4, 0.5) is 43.7 Å². The number of hydrogen-bond acceptors (Lipinski definition) is 7. The standard InChI is InChI=1S/C24H20F6N6O2S/c25-23(26,27)17-2-5-20(6-3-17)39(37,38)34-19-12-16(13-31)22(33-15-19)36-9-1-8-35(10-11-36)21-7-4-18(14-32-21)24(28,29)30/h2-7,12,14-15,34H,1,8-11H2. The molecule has 3 heterocycles. The minimum Gasteiger partial charge on any atom is -0.355 e. The van der Waals surface area contributed by atoms with Crippen molar-refractivity contribution in [3.63, 3.8) is 0 Å². The first kappa shape index (κ1) is 28.0. The molecule has 1 fully saturated rings. The molecular formula is C24H20F6N6O2S. The van der Waals surface area contributed by atoms with E-state index >= 15 is 0 Å². The number of rotatable bonds is 5. The zero-order valence-corrected chi connectivity index (χ0v) is 20.8. The molecule has 3 aromatic rings. The molecule has 39 heavy (non-hydrogen) atoms. The Labute approximate surface area is 219 Å². The van der Waals surface area contributed by atoms with Crippen molar-refractivity contribution < 1.29 is 34.8 Å². The first-order valence-corrected chi connectivity index (χ1v) is 12.9. The van der Waals surface area contributed by atoms with Crippen LogP contribution < -0.4 is 14.5 Å². The predicted octanol–water partition coefficient (Wildman–Crippen LogP) is 4.90. The van der Waals surface area contributed by atoms with Crippen LogP contribution in [-0.2, 0) is 22.4 Å². The van der Waals surface area contributed by atoms with Crippen LogP contribution in [0.1, 0.15) is 23.1 Å². The average molecular weight is 571 g/mol. The van der Waals surface area contributed by atoms with Gasteiger partial charge < -0.3 is 9.80 Å². The molecule has 1 aliphatic rings. The first-order valence-electron chi connectivity index (χ1n) is 11.4. The van der Waals surface area contributed by atoms with E-state index in [2.05, 4.69) is 14.7 Å². The number of aromatic nitrogens is 2. The van der Waals surface area contributed by atoms with Crippen molar-refractivity contribution in [2.24, 2.45) is 0 Å². The molecule has 2 aromatic heterocycles. The van der Waals surface area contributed by atoms with Crippen LogP contribution in [0.3, 0.4) is 0 Å². The van der Waals surface area contributed by atoms with E-state index in [1.54, 1.807) is 4.90 Å². The van der Waals surface area contributed by atoms with Gasteiger partial charge in [-0.05, 0) is 48.9 Å². The second-order valence-electron chi connectivity index (χ2n) is 8.57. The summed E-state index contributed by atoms with van der Waals surface area (Å²) in [5, 5.41) is 9.67. The van der Waals surface area contributed by atoms with Crippen molar-refractivity contribution in [1.82, 2.24) is 9.97 Å². The van der Waals surface area contributed by atoms with Crippen LogP contribution in [0.5, 0.6) is 0 Å². The molecule has 1 saturated heterocycles. The molecule has 1 N–H and O–H groups in total. The highest BCUT2D eigenvalue weighted by Crippen LogP contribution is 2.31. The molecule has 0 spiro atoms. The molecule has 0 radical (unpaired) electrons. The fourth-order valence-electron chi connectivity index (χ4n) is 3.98. The third kappa shape index (κ3) is 6.51. The lowest BCUT2D eigenvalue weighted by Gasteiger charge is -2.24. The number of nitrogens with zero attached hydrogens (tertiary/aromatic N) is 5. The van der Waals surface area contributed by atoms with Crippen LogP contribution >= 0.6 is 0 Å². The van der Waals surface area contributed by atoms with Crippen LogP contribution in [0.15, 0.2) is 59.8 Å². The van der Waals surface area contributed by atoms with E-state index < -0.39 is 38.4 Å². The summed E-state index contributed by atoms with van der Waals surface area (Å²) < 4.78 is 104. The molecule has 1 aromatic carbocycles. The topological polar surface area (TPSA) is 102 Å². The fourth-order valence-corrected chi connectivity index (χ4v) is 5.02. The zero-order valence-electron chi connectivity index (χ0n) is 20.0. The lowest BCUT2D eigenvalue weighted by molar-refractivity contribution is -0.138. The summed E-state index contributed by atoms with van der Waals surface area (Å²) in [6, 6.07) is 8.46. The molecular weight excluding hydrogens is 550 g/mol. The molecule has 8 nitrogen and oxygen atoms in total. The van der Waals surface area contributed by atoms with Gasteiger partial charge in [0.2, 0.25) is 0 Å². The quantitative estimate of drug-likeness (QED) is 0.436. The van der Waals surface area contributed by atoms with Crippen molar-refractivity contribution >= 4 is 27.3 Å². The summed E-state index contributed by atoms with van der Waals surface area (Å²) in [5.74, 6) is 0.670. The van der Waals surface area contributed by atoms with E-state index in [4.69, 9.17) is 0 Å². The van der Waals surface area contributed by atoms with Gasteiger partial charge in [0.25, 0.3) is 10.0 Å². The number of halogens is 6. The third-order valence-electron chi connectivity index (χ3n) is 5.93. The summed E-state index contributed by atoms with van der Waals surface area (Å²) in [4.78, 5) is 11.4. The molecule has 0 unspecified atom stereocenters. The molecule has 1 aliphatic heterocycles. The summed E-state index contributed by atoms with van der Waals surface area (Å²) in [6.07, 6.45) is -6.55. The summed E-state index contributed by atoms with van der Waals surface area (Å²) >= 11 is 0. The highest BCUT2D eigenvalue weighted by molar-refractivity contribution is 7.92. The lowest BCUT2D eigenvalue weighted by atomic mass is 10.2. The van der Waals surface area contributed by atoms with Gasteiger partial charge in [-0.15, -0.1) is 0 Å². The van der Waals surface area contributed by atoms with E-state index in [1.807, 2.05) is 11.0 Å². The Morgan fingerprint density at radius 3 is 2.03 bits per heavy atom. The fraction of sp³-hybridized carbons (Fsp3) is 0.292. The Balaban J connectivity index is 1.47. The SMILES string of the molecule is N#Cc1cc(NS(=O)(=O)c2ccc(C(F)(F)F)cc2)cnc1N1CCCN(c2ccc(C(F)(F)F)cn2)CC1. The normalized spacial score (nSPS) is 15.0. The van der Waals surface area contributed by atoms with Gasteiger partial charge >= 0.3 is 12.4 Å². The first-order chi connectivity index (χ1) is 18.3. The molecule has 0 bridgehead atoms. The number of sulfonamides is 1. The third-order valence-corrected chi connectivity index (χ3v) is 7.32. The van der Waals surface area contributed by atoms with Gasteiger partial charge in [-0.1, -0.05) is 0 Å². The van der Waals surface area contributed by atoms with Gasteiger partial charge in [0.05, 0.1) is 33.5 Å². The highest BCUT2D eigenvalue weighted by Gasteiger charge is 2.32. The van der Waals surface area contributed by atoms with Crippen LogP contribution in [0.2, 0.25) is 0 Å². The van der Waals surface area contributed by atoms with Crippen molar-refractivity contribution in [3.05, 3.63) is 71.5 Å². The molecule has 15 heteroatoms. The molecule has 206 valence electrons. The number of alkyl halides is 6. The highest BCUT2D eigenvalue weighted by atomic mass is 32.2. The average Bonchev–Trinajstić information content (AvgIpc) is 3.14. The smallest absolute Gasteiger partial charge is 0.355 e. The maximum Gasteiger partial charge on any atom is 0.417 e. The number of hydrogen-bond donors (Lipinski definition) is 1. The molecule has 4 rings (SSSR count). The van der Waals surface area contributed by atoms with Crippen molar-refractivity contribution in [1.29, 1.82) is 5.26 Å².